The van der Waals surface area contributed by atoms with Crippen molar-refractivity contribution in [3.05, 3.63) is 89.7 Å². The van der Waals surface area contributed by atoms with E-state index in [0.717, 1.165) is 27.6 Å². The molecule has 0 saturated heterocycles. The number of aromatic nitrogens is 3. The van der Waals surface area contributed by atoms with Crippen LogP contribution in [-0.2, 0) is 0 Å². The van der Waals surface area contributed by atoms with Gasteiger partial charge in [-0.2, -0.15) is 0 Å². The van der Waals surface area contributed by atoms with Crippen molar-refractivity contribution in [3.8, 4) is 0 Å². The highest BCUT2D eigenvalue weighted by molar-refractivity contribution is 6.16. The van der Waals surface area contributed by atoms with Crippen LogP contribution in [0.25, 0.3) is 27.6 Å². The highest BCUT2D eigenvalue weighted by Crippen LogP contribution is 2.24. The van der Waals surface area contributed by atoms with E-state index in [2.05, 4.69) is 4.98 Å². The largest absolute Gasteiger partial charge is 0.313 e. The lowest BCUT2D eigenvalue weighted by molar-refractivity contribution is 0.103. The third-order valence-electron chi connectivity index (χ3n) is 4.70. The Morgan fingerprint density at radius 2 is 1.58 bits per heavy atom. The van der Waals surface area contributed by atoms with Gasteiger partial charge in [0.2, 0.25) is 5.78 Å². The summed E-state index contributed by atoms with van der Waals surface area (Å²) in [5.41, 5.74) is 6.19. The second-order valence-electron chi connectivity index (χ2n) is 6.39. The number of hydrogen-bond donors (Lipinski definition) is 0. The van der Waals surface area contributed by atoms with Crippen LogP contribution in [0.15, 0.2) is 72.9 Å². The monoisotopic (exact) mass is 337 g/mol. The molecule has 4 heteroatoms. The Labute approximate surface area is 149 Å². The minimum atomic E-state index is -0.0381. The summed E-state index contributed by atoms with van der Waals surface area (Å²) < 4.78 is 1.94. The van der Waals surface area contributed by atoms with E-state index in [0.29, 0.717) is 16.8 Å². The number of benzene rings is 2. The summed E-state index contributed by atoms with van der Waals surface area (Å²) in [7, 11) is 0. The fraction of sp³-hybridized carbons (Fsp3) is 0.0455. The number of para-hydroxylation sites is 3. The summed E-state index contributed by atoms with van der Waals surface area (Å²) in [5, 5.41) is 0. The molecular weight excluding hydrogens is 322 g/mol. The molecule has 0 radical (unpaired) electrons. The van der Waals surface area contributed by atoms with Crippen LogP contribution in [0.2, 0.25) is 0 Å². The number of nitrogens with zero attached hydrogens (tertiary/aromatic N) is 3. The van der Waals surface area contributed by atoms with E-state index in [1.165, 1.54) is 0 Å². The second-order valence-corrected chi connectivity index (χ2v) is 6.39. The molecule has 0 bridgehead atoms. The maximum atomic E-state index is 13.4. The average molecular weight is 337 g/mol. The topological polar surface area (TPSA) is 47.3 Å². The van der Waals surface area contributed by atoms with Crippen molar-refractivity contribution in [2.24, 2.45) is 0 Å². The third-order valence-corrected chi connectivity index (χ3v) is 4.70. The summed E-state index contributed by atoms with van der Waals surface area (Å²) in [4.78, 5) is 22.8. The normalized spacial score (nSPS) is 11.4. The van der Waals surface area contributed by atoms with Gasteiger partial charge in [0.05, 0.1) is 27.8 Å². The van der Waals surface area contributed by atoms with Gasteiger partial charge in [-0.1, -0.05) is 24.3 Å². The van der Waals surface area contributed by atoms with Crippen LogP contribution in [0, 0.1) is 6.92 Å². The molecule has 0 aliphatic heterocycles. The van der Waals surface area contributed by atoms with Crippen LogP contribution in [0.5, 0.6) is 0 Å². The number of carbonyl (C=O) groups excluding carboxylic acids is 1. The Balaban J connectivity index is 1.79. The quantitative estimate of drug-likeness (QED) is 0.350. The lowest BCUT2D eigenvalue weighted by Crippen LogP contribution is -2.08. The zero-order valence-electron chi connectivity index (χ0n) is 14.2. The van der Waals surface area contributed by atoms with Gasteiger partial charge in [0.25, 0.3) is 0 Å². The van der Waals surface area contributed by atoms with Gasteiger partial charge in [-0.25, -0.2) is 9.97 Å². The van der Waals surface area contributed by atoms with Crippen molar-refractivity contribution >= 4 is 33.4 Å². The molecule has 4 nitrogen and oxygen atoms in total. The molecule has 0 amide bonds. The van der Waals surface area contributed by atoms with E-state index in [1.807, 2.05) is 84.3 Å². The van der Waals surface area contributed by atoms with Gasteiger partial charge in [-0.15, -0.1) is 0 Å². The smallest absolute Gasteiger partial charge is 0.212 e. The number of ketones is 1. The number of rotatable bonds is 2. The summed E-state index contributed by atoms with van der Waals surface area (Å²) in [6, 6.07) is 21.2. The zero-order chi connectivity index (χ0) is 17.7. The van der Waals surface area contributed by atoms with Crippen molar-refractivity contribution in [1.29, 1.82) is 0 Å². The van der Waals surface area contributed by atoms with Crippen molar-refractivity contribution in [1.82, 2.24) is 14.4 Å². The molecule has 0 aliphatic rings. The lowest BCUT2D eigenvalue weighted by atomic mass is 10.0. The Morgan fingerprint density at radius 1 is 0.846 bits per heavy atom. The summed E-state index contributed by atoms with van der Waals surface area (Å²) in [5.74, 6) is -0.0381. The van der Waals surface area contributed by atoms with Gasteiger partial charge in [-0.05, 0) is 55.0 Å². The van der Waals surface area contributed by atoms with Crippen LogP contribution < -0.4 is 0 Å². The average Bonchev–Trinajstić information content (AvgIpc) is 3.01. The molecule has 0 spiro atoms. The maximum absolute atomic E-state index is 13.4. The van der Waals surface area contributed by atoms with Crippen LogP contribution in [0.3, 0.4) is 0 Å². The zero-order valence-corrected chi connectivity index (χ0v) is 14.2. The second kappa shape index (κ2) is 5.49. The molecule has 0 atom stereocenters. The Morgan fingerprint density at radius 3 is 2.42 bits per heavy atom. The minimum Gasteiger partial charge on any atom is -0.313 e. The predicted molar refractivity (Wildman–Crippen MR) is 103 cm³/mol. The Kier molecular flexibility index (Phi) is 3.12. The third kappa shape index (κ3) is 2.12. The van der Waals surface area contributed by atoms with Gasteiger partial charge in [0.15, 0.2) is 0 Å². The number of hydrogen-bond acceptors (Lipinski definition) is 3. The fourth-order valence-electron chi connectivity index (χ4n) is 3.50. The molecule has 5 rings (SSSR count). The molecule has 0 N–H and O–H groups in total. The number of fused-ring (bicyclic) bond motifs is 3. The highest BCUT2D eigenvalue weighted by atomic mass is 16.1. The first-order valence-corrected chi connectivity index (χ1v) is 8.49. The van der Waals surface area contributed by atoms with Gasteiger partial charge < -0.3 is 4.40 Å². The van der Waals surface area contributed by atoms with Crippen molar-refractivity contribution in [2.75, 3.05) is 0 Å². The standard InChI is InChI=1S/C22H15N3O/c1-14-13-15-7-4-5-12-25(15)21(14)22(26)16-8-6-11-19-20(16)24-18-10-3-2-9-17(18)23-19/h2-13H,1H3. The maximum Gasteiger partial charge on any atom is 0.212 e. The summed E-state index contributed by atoms with van der Waals surface area (Å²) in [6.45, 7) is 1.96. The van der Waals surface area contributed by atoms with Crippen LogP contribution >= 0.6 is 0 Å². The molecule has 0 fully saturated rings. The molecule has 5 aromatic rings. The van der Waals surface area contributed by atoms with Crippen molar-refractivity contribution in [3.63, 3.8) is 0 Å². The number of carbonyl (C=O) groups is 1. The first-order chi connectivity index (χ1) is 12.7. The Bertz CT molecular complexity index is 1320. The molecule has 0 saturated carbocycles. The highest BCUT2D eigenvalue weighted by Gasteiger charge is 2.20. The van der Waals surface area contributed by atoms with Crippen molar-refractivity contribution in [2.45, 2.75) is 6.92 Å². The SMILES string of the molecule is Cc1cc2ccccn2c1C(=O)c1cccc2nc3ccccc3nc12. The van der Waals surface area contributed by atoms with E-state index in [4.69, 9.17) is 4.98 Å². The van der Waals surface area contributed by atoms with Crippen molar-refractivity contribution < 1.29 is 4.79 Å². The van der Waals surface area contributed by atoms with Gasteiger partial charge >= 0.3 is 0 Å². The van der Waals surface area contributed by atoms with Crippen LogP contribution in [0.4, 0.5) is 0 Å². The van der Waals surface area contributed by atoms with Crippen LogP contribution in [0.1, 0.15) is 21.6 Å². The molecule has 0 unspecified atom stereocenters. The van der Waals surface area contributed by atoms with E-state index in [1.54, 1.807) is 0 Å². The van der Waals surface area contributed by atoms with E-state index in [9.17, 15) is 4.79 Å². The molecule has 26 heavy (non-hydrogen) atoms. The van der Waals surface area contributed by atoms with E-state index >= 15 is 0 Å². The summed E-state index contributed by atoms with van der Waals surface area (Å²) >= 11 is 0. The number of aryl methyl sites for hydroxylation is 1. The van der Waals surface area contributed by atoms with E-state index < -0.39 is 0 Å². The molecular formula is C22H15N3O. The van der Waals surface area contributed by atoms with E-state index in [-0.39, 0.29) is 5.78 Å². The molecule has 3 heterocycles. The Hall–Kier alpha value is -3.53. The first-order valence-electron chi connectivity index (χ1n) is 8.49. The lowest BCUT2D eigenvalue weighted by Gasteiger charge is -2.08. The molecule has 3 aromatic heterocycles. The van der Waals surface area contributed by atoms with Gasteiger partial charge in [-0.3, -0.25) is 4.79 Å². The first kappa shape index (κ1) is 14.8. The van der Waals surface area contributed by atoms with Crippen LogP contribution in [-0.4, -0.2) is 20.2 Å². The minimum absolute atomic E-state index is 0.0381. The van der Waals surface area contributed by atoms with Gasteiger partial charge in [0, 0.05) is 11.7 Å². The summed E-state index contributed by atoms with van der Waals surface area (Å²) in [6.07, 6.45) is 1.92. The molecule has 2 aromatic carbocycles. The predicted octanol–water partition coefficient (Wildman–Crippen LogP) is 4.58. The molecule has 124 valence electrons. The van der Waals surface area contributed by atoms with Gasteiger partial charge in [0.1, 0.15) is 5.52 Å². The fourth-order valence-corrected chi connectivity index (χ4v) is 3.50. The number of pyridine rings is 1. The molecule has 0 aliphatic carbocycles.